The van der Waals surface area contributed by atoms with Crippen LogP contribution in [-0.2, 0) is 11.2 Å². The van der Waals surface area contributed by atoms with Crippen LogP contribution in [0.3, 0.4) is 0 Å². The van der Waals surface area contributed by atoms with Gasteiger partial charge in [0.15, 0.2) is 0 Å². The molecule has 2 atom stereocenters. The van der Waals surface area contributed by atoms with Crippen LogP contribution in [0.4, 0.5) is 10.1 Å². The molecule has 28 heavy (non-hydrogen) atoms. The second-order valence-corrected chi connectivity index (χ2v) is 7.51. The molecule has 5 nitrogen and oxygen atoms in total. The van der Waals surface area contributed by atoms with E-state index in [4.69, 9.17) is 4.42 Å². The summed E-state index contributed by atoms with van der Waals surface area (Å²) in [6, 6.07) is 14.3. The smallest absolute Gasteiger partial charge is 0.224 e. The number of rotatable bonds is 5. The number of hydrogen-bond donors (Lipinski definition) is 2. The van der Waals surface area contributed by atoms with E-state index in [2.05, 4.69) is 10.6 Å². The normalized spacial score (nSPS) is 19.1. The first kappa shape index (κ1) is 18.5. The Hall–Kier alpha value is -2.86. The van der Waals surface area contributed by atoms with Gasteiger partial charge >= 0.3 is 0 Å². The molecule has 1 amide bonds. The minimum atomic E-state index is -0.283. The van der Waals surface area contributed by atoms with Gasteiger partial charge in [-0.25, -0.2) is 4.39 Å². The lowest BCUT2D eigenvalue weighted by Gasteiger charge is -2.18. The SMILES string of the molecule is CN(C)c1ccc(CC(=O)N[C@@H]2CNC[C@H]2c2cc3cc(F)ccc3o2)cc1. The van der Waals surface area contributed by atoms with Crippen molar-refractivity contribution in [2.45, 2.75) is 18.4 Å². The van der Waals surface area contributed by atoms with Crippen LogP contribution in [0.25, 0.3) is 11.0 Å². The Balaban J connectivity index is 1.43. The minimum Gasteiger partial charge on any atom is -0.461 e. The van der Waals surface area contributed by atoms with Crippen molar-refractivity contribution < 1.29 is 13.6 Å². The van der Waals surface area contributed by atoms with Crippen molar-refractivity contribution in [2.75, 3.05) is 32.1 Å². The first-order chi connectivity index (χ1) is 13.5. The Morgan fingerprint density at radius 3 is 2.71 bits per heavy atom. The van der Waals surface area contributed by atoms with E-state index in [-0.39, 0.29) is 23.7 Å². The van der Waals surface area contributed by atoms with Gasteiger partial charge in [-0.2, -0.15) is 0 Å². The average molecular weight is 381 g/mol. The molecule has 0 bridgehead atoms. The first-order valence-electron chi connectivity index (χ1n) is 9.45. The maximum absolute atomic E-state index is 13.4. The standard InChI is InChI=1S/C22H24FN3O2/c1-26(2)17-6-3-14(4-7-17)9-22(27)25-19-13-24-12-18(19)21-11-15-10-16(23)5-8-20(15)28-21/h3-8,10-11,18-19,24H,9,12-13H2,1-2H3,(H,25,27)/t18-,19-/m1/s1. The molecule has 6 heteroatoms. The Morgan fingerprint density at radius 1 is 1.18 bits per heavy atom. The summed E-state index contributed by atoms with van der Waals surface area (Å²) in [5.74, 6) is 0.495. The largest absolute Gasteiger partial charge is 0.461 e. The predicted molar refractivity (Wildman–Crippen MR) is 108 cm³/mol. The van der Waals surface area contributed by atoms with Crippen LogP contribution in [0.15, 0.2) is 52.9 Å². The number of halogens is 1. The third-order valence-electron chi connectivity index (χ3n) is 5.24. The van der Waals surface area contributed by atoms with Gasteiger partial charge < -0.3 is 20.0 Å². The summed E-state index contributed by atoms with van der Waals surface area (Å²) >= 11 is 0. The van der Waals surface area contributed by atoms with E-state index in [0.717, 1.165) is 22.4 Å². The second-order valence-electron chi connectivity index (χ2n) is 7.51. The lowest BCUT2D eigenvalue weighted by molar-refractivity contribution is -0.121. The lowest BCUT2D eigenvalue weighted by atomic mass is 10.00. The van der Waals surface area contributed by atoms with E-state index in [9.17, 15) is 9.18 Å². The maximum Gasteiger partial charge on any atom is 0.224 e. The van der Waals surface area contributed by atoms with Crippen LogP contribution in [0.5, 0.6) is 0 Å². The first-order valence-corrected chi connectivity index (χ1v) is 9.45. The third kappa shape index (κ3) is 3.87. The number of nitrogens with one attached hydrogen (secondary N) is 2. The Labute approximate surface area is 163 Å². The van der Waals surface area contributed by atoms with Crippen LogP contribution in [0.1, 0.15) is 17.2 Å². The van der Waals surface area contributed by atoms with Gasteiger partial charge in [0.1, 0.15) is 17.2 Å². The molecule has 1 aliphatic rings. The van der Waals surface area contributed by atoms with Crippen molar-refractivity contribution in [3.05, 3.63) is 65.7 Å². The average Bonchev–Trinajstić information content (AvgIpc) is 3.28. The highest BCUT2D eigenvalue weighted by atomic mass is 19.1. The van der Waals surface area contributed by atoms with Crippen molar-refractivity contribution in [3.63, 3.8) is 0 Å². The van der Waals surface area contributed by atoms with Crippen molar-refractivity contribution in [1.29, 1.82) is 0 Å². The van der Waals surface area contributed by atoms with Crippen LogP contribution in [-0.4, -0.2) is 39.1 Å². The molecule has 146 valence electrons. The molecule has 0 unspecified atom stereocenters. The predicted octanol–water partition coefficient (Wildman–Crippen LogP) is 3.05. The Bertz CT molecular complexity index is 981. The number of amides is 1. The number of furan rings is 1. The minimum absolute atomic E-state index is 0.0153. The van der Waals surface area contributed by atoms with E-state index in [1.54, 1.807) is 6.07 Å². The summed E-state index contributed by atoms with van der Waals surface area (Å²) in [6.07, 6.45) is 0.336. The van der Waals surface area contributed by atoms with Crippen LogP contribution < -0.4 is 15.5 Å². The van der Waals surface area contributed by atoms with Gasteiger partial charge in [-0.15, -0.1) is 0 Å². The third-order valence-corrected chi connectivity index (χ3v) is 5.24. The van der Waals surface area contributed by atoms with Crippen molar-refractivity contribution >= 4 is 22.6 Å². The summed E-state index contributed by atoms with van der Waals surface area (Å²) in [4.78, 5) is 14.6. The van der Waals surface area contributed by atoms with E-state index in [0.29, 0.717) is 25.1 Å². The number of carbonyl (C=O) groups is 1. The highest BCUT2D eigenvalue weighted by Gasteiger charge is 2.32. The summed E-state index contributed by atoms with van der Waals surface area (Å²) in [5.41, 5.74) is 2.74. The van der Waals surface area contributed by atoms with Crippen molar-refractivity contribution in [1.82, 2.24) is 10.6 Å². The molecule has 1 saturated heterocycles. The monoisotopic (exact) mass is 381 g/mol. The van der Waals surface area contributed by atoms with E-state index >= 15 is 0 Å². The molecular formula is C22H24FN3O2. The number of fused-ring (bicyclic) bond motifs is 1. The molecule has 3 aromatic rings. The van der Waals surface area contributed by atoms with Crippen LogP contribution >= 0.6 is 0 Å². The Morgan fingerprint density at radius 2 is 1.96 bits per heavy atom. The molecule has 2 N–H and O–H groups in total. The van der Waals surface area contributed by atoms with Crippen molar-refractivity contribution in [2.24, 2.45) is 0 Å². The van der Waals surface area contributed by atoms with Gasteiger partial charge in [0.2, 0.25) is 5.91 Å². The zero-order valence-corrected chi connectivity index (χ0v) is 16.0. The quantitative estimate of drug-likeness (QED) is 0.713. The molecule has 0 spiro atoms. The zero-order chi connectivity index (χ0) is 19.7. The molecule has 0 radical (unpaired) electrons. The zero-order valence-electron chi connectivity index (χ0n) is 16.0. The van der Waals surface area contributed by atoms with Gasteiger partial charge in [0, 0.05) is 38.3 Å². The highest BCUT2D eigenvalue weighted by molar-refractivity contribution is 5.80. The van der Waals surface area contributed by atoms with Crippen LogP contribution in [0, 0.1) is 5.82 Å². The topological polar surface area (TPSA) is 57.5 Å². The molecular weight excluding hydrogens is 357 g/mol. The van der Waals surface area contributed by atoms with Gasteiger partial charge in [-0.1, -0.05) is 12.1 Å². The number of anilines is 1. The van der Waals surface area contributed by atoms with Gasteiger partial charge in [0.05, 0.1) is 18.4 Å². The number of benzene rings is 2. The van der Waals surface area contributed by atoms with E-state index in [1.807, 2.05) is 49.3 Å². The summed E-state index contributed by atoms with van der Waals surface area (Å²) in [6.45, 7) is 1.40. The Kier molecular flexibility index (Phi) is 5.05. The molecule has 0 aliphatic carbocycles. The molecule has 1 aromatic heterocycles. The fourth-order valence-corrected chi connectivity index (χ4v) is 3.70. The highest BCUT2D eigenvalue weighted by Crippen LogP contribution is 2.29. The molecule has 2 aromatic carbocycles. The molecule has 0 saturated carbocycles. The van der Waals surface area contributed by atoms with Gasteiger partial charge in [-0.3, -0.25) is 4.79 Å². The fourth-order valence-electron chi connectivity index (χ4n) is 3.70. The molecule has 1 aliphatic heterocycles. The number of hydrogen-bond acceptors (Lipinski definition) is 4. The van der Waals surface area contributed by atoms with Gasteiger partial charge in [0.25, 0.3) is 0 Å². The molecule has 4 rings (SSSR count). The second kappa shape index (κ2) is 7.64. The summed E-state index contributed by atoms with van der Waals surface area (Å²) < 4.78 is 19.3. The summed E-state index contributed by atoms with van der Waals surface area (Å²) in [7, 11) is 3.97. The van der Waals surface area contributed by atoms with Crippen molar-refractivity contribution in [3.8, 4) is 0 Å². The van der Waals surface area contributed by atoms with Gasteiger partial charge in [-0.05, 0) is 42.0 Å². The maximum atomic E-state index is 13.4. The van der Waals surface area contributed by atoms with E-state index in [1.165, 1.54) is 12.1 Å². The van der Waals surface area contributed by atoms with E-state index < -0.39 is 0 Å². The lowest BCUT2D eigenvalue weighted by Crippen LogP contribution is -2.40. The number of nitrogens with zero attached hydrogens (tertiary/aromatic N) is 1. The molecule has 2 heterocycles. The van der Waals surface area contributed by atoms with Crippen LogP contribution in [0.2, 0.25) is 0 Å². The fraction of sp³-hybridized carbons (Fsp3) is 0.318. The number of carbonyl (C=O) groups excluding carboxylic acids is 1. The summed E-state index contributed by atoms with van der Waals surface area (Å²) in [5, 5.41) is 7.18. The molecule has 1 fully saturated rings.